The second-order valence-electron chi connectivity index (χ2n) is 4.94. The summed E-state index contributed by atoms with van der Waals surface area (Å²) in [6.07, 6.45) is 0. The van der Waals surface area contributed by atoms with Crippen LogP contribution in [0.15, 0.2) is 42.5 Å². The highest BCUT2D eigenvalue weighted by Crippen LogP contribution is 2.27. The third kappa shape index (κ3) is 4.72. The van der Waals surface area contributed by atoms with Gasteiger partial charge in [0, 0.05) is 10.6 Å². The van der Waals surface area contributed by atoms with Gasteiger partial charge in [0.1, 0.15) is 5.75 Å². The second-order valence-corrected chi connectivity index (χ2v) is 5.38. The normalized spacial score (nSPS) is 10.0. The average molecular weight is 333 g/mol. The topological polar surface area (TPSA) is 67.4 Å². The number of nitrogens with one attached hydrogen (secondary N) is 2. The molecule has 0 fully saturated rings. The molecule has 6 heteroatoms. The highest BCUT2D eigenvalue weighted by Gasteiger charge is 2.11. The minimum atomic E-state index is -0.369. The number of methoxy groups -OCH3 is 1. The first-order chi connectivity index (χ1) is 11.0. The van der Waals surface area contributed by atoms with Gasteiger partial charge in [0.15, 0.2) is 0 Å². The Bertz CT molecular complexity index is 732. The van der Waals surface area contributed by atoms with Gasteiger partial charge in [0.25, 0.3) is 5.91 Å². The Labute approximate surface area is 139 Å². The van der Waals surface area contributed by atoms with Gasteiger partial charge in [0.05, 0.1) is 19.3 Å². The van der Waals surface area contributed by atoms with Gasteiger partial charge >= 0.3 is 0 Å². The first kappa shape index (κ1) is 16.8. The Morgan fingerprint density at radius 3 is 2.65 bits per heavy atom. The van der Waals surface area contributed by atoms with Crippen molar-refractivity contribution in [2.75, 3.05) is 19.0 Å². The summed E-state index contributed by atoms with van der Waals surface area (Å²) in [7, 11) is 1.50. The quantitative estimate of drug-likeness (QED) is 0.884. The molecule has 0 heterocycles. The van der Waals surface area contributed by atoms with E-state index in [0.717, 1.165) is 5.56 Å². The number of hydrogen-bond acceptors (Lipinski definition) is 3. The average Bonchev–Trinajstić information content (AvgIpc) is 2.53. The first-order valence-electron chi connectivity index (χ1n) is 6.98. The number of amides is 2. The molecule has 2 aromatic rings. The van der Waals surface area contributed by atoms with Gasteiger partial charge in [0.2, 0.25) is 5.91 Å². The van der Waals surface area contributed by atoms with Crippen LogP contribution in [-0.2, 0) is 4.79 Å². The van der Waals surface area contributed by atoms with Gasteiger partial charge in [-0.05, 0) is 37.3 Å². The number of halogens is 1. The third-order valence-corrected chi connectivity index (χ3v) is 3.36. The number of ether oxygens (including phenoxy) is 1. The predicted molar refractivity (Wildman–Crippen MR) is 90.1 cm³/mol. The van der Waals surface area contributed by atoms with Crippen LogP contribution in [0, 0.1) is 6.92 Å². The van der Waals surface area contributed by atoms with Crippen LogP contribution in [-0.4, -0.2) is 25.5 Å². The molecular weight excluding hydrogens is 316 g/mol. The van der Waals surface area contributed by atoms with Crippen LogP contribution >= 0.6 is 11.6 Å². The van der Waals surface area contributed by atoms with E-state index in [2.05, 4.69) is 10.6 Å². The van der Waals surface area contributed by atoms with Gasteiger partial charge < -0.3 is 15.4 Å². The Balaban J connectivity index is 1.95. The molecule has 120 valence electrons. The third-order valence-electron chi connectivity index (χ3n) is 3.13. The highest BCUT2D eigenvalue weighted by atomic mass is 35.5. The number of carbonyl (C=O) groups excluding carboxylic acids is 2. The summed E-state index contributed by atoms with van der Waals surface area (Å²) in [5.41, 5.74) is 1.94. The largest absolute Gasteiger partial charge is 0.495 e. The summed E-state index contributed by atoms with van der Waals surface area (Å²) in [6.45, 7) is 1.75. The van der Waals surface area contributed by atoms with Crippen molar-refractivity contribution in [3.63, 3.8) is 0 Å². The SMILES string of the molecule is COc1ccc(Cl)cc1NC(=O)CNC(=O)c1cccc(C)c1. The minimum Gasteiger partial charge on any atom is -0.495 e. The summed E-state index contributed by atoms with van der Waals surface area (Å²) in [5.74, 6) is -0.179. The van der Waals surface area contributed by atoms with Crippen molar-refractivity contribution in [3.8, 4) is 5.75 Å². The lowest BCUT2D eigenvalue weighted by Gasteiger charge is -2.11. The summed E-state index contributed by atoms with van der Waals surface area (Å²) >= 11 is 5.90. The number of hydrogen-bond donors (Lipinski definition) is 2. The number of aryl methyl sites for hydroxylation is 1. The van der Waals surface area contributed by atoms with Crippen LogP contribution in [0.4, 0.5) is 5.69 Å². The summed E-state index contributed by atoms with van der Waals surface area (Å²) in [4.78, 5) is 24.0. The Kier molecular flexibility index (Phi) is 5.60. The minimum absolute atomic E-state index is 0.150. The van der Waals surface area contributed by atoms with E-state index in [1.54, 1.807) is 36.4 Å². The van der Waals surface area contributed by atoms with E-state index in [0.29, 0.717) is 22.0 Å². The zero-order valence-corrected chi connectivity index (χ0v) is 13.6. The lowest BCUT2D eigenvalue weighted by Crippen LogP contribution is -2.32. The van der Waals surface area contributed by atoms with Crippen LogP contribution in [0.25, 0.3) is 0 Å². The van der Waals surface area contributed by atoms with E-state index in [9.17, 15) is 9.59 Å². The molecule has 0 radical (unpaired) electrons. The van der Waals surface area contributed by atoms with Crippen molar-refractivity contribution in [1.29, 1.82) is 0 Å². The molecule has 0 saturated carbocycles. The van der Waals surface area contributed by atoms with Gasteiger partial charge in [-0.25, -0.2) is 0 Å². The fraction of sp³-hybridized carbons (Fsp3) is 0.176. The molecule has 0 spiro atoms. The number of carbonyl (C=O) groups is 2. The fourth-order valence-electron chi connectivity index (χ4n) is 2.02. The molecule has 0 unspecified atom stereocenters. The molecule has 0 bridgehead atoms. The van der Waals surface area contributed by atoms with Crippen LogP contribution in [0.2, 0.25) is 5.02 Å². The van der Waals surface area contributed by atoms with Crippen LogP contribution < -0.4 is 15.4 Å². The second kappa shape index (κ2) is 7.65. The lowest BCUT2D eigenvalue weighted by molar-refractivity contribution is -0.115. The van der Waals surface area contributed by atoms with Gasteiger partial charge in [-0.3, -0.25) is 9.59 Å². The van der Waals surface area contributed by atoms with E-state index in [-0.39, 0.29) is 18.4 Å². The Morgan fingerprint density at radius 1 is 1.17 bits per heavy atom. The molecule has 2 aromatic carbocycles. The molecule has 0 aliphatic carbocycles. The van der Waals surface area contributed by atoms with Crippen molar-refractivity contribution in [2.45, 2.75) is 6.92 Å². The summed E-state index contributed by atoms with van der Waals surface area (Å²) in [5, 5.41) is 5.71. The molecule has 2 rings (SSSR count). The maximum absolute atomic E-state index is 12.0. The van der Waals surface area contributed by atoms with Crippen molar-refractivity contribution in [1.82, 2.24) is 5.32 Å². The fourth-order valence-corrected chi connectivity index (χ4v) is 2.19. The zero-order chi connectivity index (χ0) is 16.8. The number of anilines is 1. The molecule has 0 atom stereocenters. The highest BCUT2D eigenvalue weighted by molar-refractivity contribution is 6.31. The molecule has 0 aromatic heterocycles. The van der Waals surface area contributed by atoms with Crippen LogP contribution in [0.1, 0.15) is 15.9 Å². The Hall–Kier alpha value is -2.53. The van der Waals surface area contributed by atoms with Crippen LogP contribution in [0.5, 0.6) is 5.75 Å². The standard InChI is InChI=1S/C17H17ClN2O3/c1-11-4-3-5-12(8-11)17(22)19-10-16(21)20-14-9-13(18)6-7-15(14)23-2/h3-9H,10H2,1-2H3,(H,19,22)(H,20,21). The van der Waals surface area contributed by atoms with Crippen LogP contribution in [0.3, 0.4) is 0 Å². The predicted octanol–water partition coefficient (Wildman–Crippen LogP) is 3.03. The van der Waals surface area contributed by atoms with Crippen molar-refractivity contribution >= 4 is 29.1 Å². The zero-order valence-electron chi connectivity index (χ0n) is 12.9. The molecular formula is C17H17ClN2O3. The van der Waals surface area contributed by atoms with Gasteiger partial charge in [-0.1, -0.05) is 29.3 Å². The molecule has 2 N–H and O–H groups in total. The summed E-state index contributed by atoms with van der Waals surface area (Å²) in [6, 6.07) is 12.0. The molecule has 5 nitrogen and oxygen atoms in total. The van der Waals surface area contributed by atoms with Crippen molar-refractivity contribution < 1.29 is 14.3 Å². The van der Waals surface area contributed by atoms with E-state index < -0.39 is 0 Å². The molecule has 0 aliphatic rings. The van der Waals surface area contributed by atoms with E-state index in [4.69, 9.17) is 16.3 Å². The lowest BCUT2D eigenvalue weighted by atomic mass is 10.1. The maximum Gasteiger partial charge on any atom is 0.251 e. The van der Waals surface area contributed by atoms with Crippen molar-refractivity contribution in [2.24, 2.45) is 0 Å². The molecule has 2 amide bonds. The molecule has 0 aliphatic heterocycles. The van der Waals surface area contributed by atoms with Gasteiger partial charge in [-0.2, -0.15) is 0 Å². The summed E-state index contributed by atoms with van der Waals surface area (Å²) < 4.78 is 5.15. The number of benzene rings is 2. The van der Waals surface area contributed by atoms with E-state index in [1.165, 1.54) is 7.11 Å². The van der Waals surface area contributed by atoms with E-state index >= 15 is 0 Å². The van der Waals surface area contributed by atoms with Crippen molar-refractivity contribution in [3.05, 3.63) is 58.6 Å². The molecule has 0 saturated heterocycles. The monoisotopic (exact) mass is 332 g/mol. The Morgan fingerprint density at radius 2 is 1.96 bits per heavy atom. The first-order valence-corrected chi connectivity index (χ1v) is 7.35. The smallest absolute Gasteiger partial charge is 0.251 e. The maximum atomic E-state index is 12.0. The van der Waals surface area contributed by atoms with Gasteiger partial charge in [-0.15, -0.1) is 0 Å². The van der Waals surface area contributed by atoms with E-state index in [1.807, 2.05) is 13.0 Å². The molecule has 23 heavy (non-hydrogen) atoms. The number of rotatable bonds is 5.